The molecule has 0 saturated heterocycles. The average Bonchev–Trinajstić information content (AvgIpc) is 3.21. The van der Waals surface area contributed by atoms with Crippen LogP contribution in [0, 0.1) is 11.6 Å². The summed E-state index contributed by atoms with van der Waals surface area (Å²) in [6, 6.07) is 32.2. The summed E-state index contributed by atoms with van der Waals surface area (Å²) in [5.41, 5.74) is 0.791. The van der Waals surface area contributed by atoms with E-state index >= 15 is 0 Å². The maximum Gasteiger partial charge on any atom is 0.265 e. The SMILES string of the molecule is CCOC1=C(C(=O)c2ccc3ccccc3c2)N(C)S(=O)(=O)c2cc(F)ccc21.COC1=C(C(=O)c2ccc3ccccc3c2)N(C)S(=O)(=O)c2cc(F)ccc21. The maximum absolute atomic E-state index is 13.7. The smallest absolute Gasteiger partial charge is 0.265 e. The molecule has 14 heteroatoms. The van der Waals surface area contributed by atoms with Gasteiger partial charge in [-0.1, -0.05) is 72.8 Å². The number of hydrogen-bond donors (Lipinski definition) is 0. The van der Waals surface area contributed by atoms with Gasteiger partial charge in [0.1, 0.15) is 32.8 Å². The Morgan fingerprint density at radius 3 is 1.39 bits per heavy atom. The summed E-state index contributed by atoms with van der Waals surface area (Å²) in [5.74, 6) is -2.14. The number of nitrogens with zero attached hydrogens (tertiary/aromatic N) is 2. The van der Waals surface area contributed by atoms with E-state index in [1.54, 1.807) is 37.3 Å². The third-order valence-electron chi connectivity index (χ3n) is 9.66. The van der Waals surface area contributed by atoms with Crippen molar-refractivity contribution in [1.82, 2.24) is 8.61 Å². The monoisotopic (exact) mass is 808 g/mol. The highest BCUT2D eigenvalue weighted by molar-refractivity contribution is 7.89. The second kappa shape index (κ2) is 14.9. The summed E-state index contributed by atoms with van der Waals surface area (Å²) in [5, 5.41) is 3.65. The molecule has 0 fully saturated rings. The lowest BCUT2D eigenvalue weighted by Gasteiger charge is -2.30. The number of benzene rings is 6. The van der Waals surface area contributed by atoms with Crippen LogP contribution in [0.5, 0.6) is 0 Å². The van der Waals surface area contributed by atoms with E-state index in [9.17, 15) is 35.2 Å². The second-order valence-electron chi connectivity index (χ2n) is 13.0. The van der Waals surface area contributed by atoms with Crippen LogP contribution in [0.15, 0.2) is 143 Å². The Labute approximate surface area is 328 Å². The molecule has 0 spiro atoms. The van der Waals surface area contributed by atoms with Gasteiger partial charge in [0.2, 0.25) is 11.6 Å². The molecule has 2 aliphatic rings. The van der Waals surface area contributed by atoms with Gasteiger partial charge in [-0.15, -0.1) is 0 Å². The number of fused-ring (bicyclic) bond motifs is 4. The summed E-state index contributed by atoms with van der Waals surface area (Å²) in [6.45, 7) is 1.95. The number of carbonyl (C=O) groups is 2. The van der Waals surface area contributed by atoms with Gasteiger partial charge in [0.15, 0.2) is 11.5 Å². The van der Waals surface area contributed by atoms with Crippen molar-refractivity contribution in [2.45, 2.75) is 16.7 Å². The quantitative estimate of drug-likeness (QED) is 0.149. The second-order valence-corrected chi connectivity index (χ2v) is 16.9. The molecule has 0 unspecified atom stereocenters. The van der Waals surface area contributed by atoms with E-state index in [2.05, 4.69) is 0 Å². The highest BCUT2D eigenvalue weighted by Gasteiger charge is 2.40. The van der Waals surface area contributed by atoms with E-state index < -0.39 is 43.2 Å². The molecule has 10 nitrogen and oxygen atoms in total. The molecule has 2 heterocycles. The standard InChI is InChI=1S/C22H18FNO4S.C21H16FNO4S/c1-3-28-22-18-11-10-17(23)13-19(18)29(26,27)24(2)20(22)21(25)16-9-8-14-6-4-5-7-15(14)12-16;1-23-19(20(24)15-8-7-13-5-3-4-6-14(13)11-15)21(27-2)17-10-9-16(22)12-18(17)28(23,25)26/h4-13H,3H2,1-2H3;3-12H,1-2H3. The third-order valence-corrected chi connectivity index (χ3v) is 13.3. The number of hydrogen-bond acceptors (Lipinski definition) is 8. The predicted molar refractivity (Wildman–Crippen MR) is 212 cm³/mol. The third kappa shape index (κ3) is 6.80. The van der Waals surface area contributed by atoms with Crippen LogP contribution in [-0.4, -0.2) is 64.8 Å². The van der Waals surface area contributed by atoms with Crippen molar-refractivity contribution in [2.75, 3.05) is 27.8 Å². The predicted octanol–water partition coefficient (Wildman–Crippen LogP) is 8.01. The Balaban J connectivity index is 0.000000174. The molecule has 8 rings (SSSR count). The number of carbonyl (C=O) groups excluding carboxylic acids is 2. The van der Waals surface area contributed by atoms with Gasteiger partial charge < -0.3 is 9.47 Å². The highest BCUT2D eigenvalue weighted by atomic mass is 32.2. The van der Waals surface area contributed by atoms with Crippen LogP contribution in [0.25, 0.3) is 33.1 Å². The van der Waals surface area contributed by atoms with Crippen LogP contribution >= 0.6 is 0 Å². The zero-order valence-corrected chi connectivity index (χ0v) is 32.6. The van der Waals surface area contributed by atoms with Crippen molar-refractivity contribution in [2.24, 2.45) is 0 Å². The molecular weight excluding hydrogens is 775 g/mol. The number of Topliss-reactive ketones (excluding diaryl/α,β-unsaturated/α-hetero) is 2. The van der Waals surface area contributed by atoms with Crippen LogP contribution in [0.3, 0.4) is 0 Å². The Kier molecular flexibility index (Phi) is 10.2. The minimum absolute atomic E-state index is 0.0884. The summed E-state index contributed by atoms with van der Waals surface area (Å²) >= 11 is 0. The van der Waals surface area contributed by atoms with E-state index in [1.807, 2.05) is 54.6 Å². The first-order valence-electron chi connectivity index (χ1n) is 17.5. The van der Waals surface area contributed by atoms with Crippen molar-refractivity contribution in [1.29, 1.82) is 0 Å². The lowest BCUT2D eigenvalue weighted by Crippen LogP contribution is -2.35. The summed E-state index contributed by atoms with van der Waals surface area (Å²) in [6.07, 6.45) is 0. The van der Waals surface area contributed by atoms with E-state index in [4.69, 9.17) is 9.47 Å². The minimum Gasteiger partial charge on any atom is -0.494 e. The Morgan fingerprint density at radius 2 is 0.965 bits per heavy atom. The van der Waals surface area contributed by atoms with Crippen LogP contribution in [0.1, 0.15) is 38.8 Å². The molecule has 6 aromatic carbocycles. The number of ketones is 2. The van der Waals surface area contributed by atoms with Gasteiger partial charge in [0, 0.05) is 36.3 Å². The molecular formula is C43H34F2N2O8S2. The molecule has 0 amide bonds. The van der Waals surface area contributed by atoms with Gasteiger partial charge in [-0.3, -0.25) is 18.2 Å². The van der Waals surface area contributed by atoms with Crippen LogP contribution in [0.2, 0.25) is 0 Å². The van der Waals surface area contributed by atoms with Gasteiger partial charge in [0.05, 0.1) is 13.7 Å². The molecule has 0 saturated carbocycles. The molecule has 0 N–H and O–H groups in total. The first-order valence-corrected chi connectivity index (χ1v) is 20.4. The summed E-state index contributed by atoms with van der Waals surface area (Å²) in [7, 11) is -4.32. The van der Waals surface area contributed by atoms with Crippen LogP contribution in [-0.2, 0) is 29.5 Å². The van der Waals surface area contributed by atoms with Crippen molar-refractivity contribution >= 4 is 64.7 Å². The molecule has 0 aliphatic carbocycles. The number of methoxy groups -OCH3 is 1. The van der Waals surface area contributed by atoms with Crippen LogP contribution < -0.4 is 0 Å². The van der Waals surface area contributed by atoms with Crippen molar-refractivity contribution < 1.29 is 44.7 Å². The van der Waals surface area contributed by atoms with E-state index in [0.717, 1.165) is 54.4 Å². The summed E-state index contributed by atoms with van der Waals surface area (Å²) < 4.78 is 92.0. The number of sulfonamides is 2. The number of ether oxygens (including phenoxy) is 2. The zero-order chi connectivity index (χ0) is 40.8. The van der Waals surface area contributed by atoms with Crippen molar-refractivity contribution in [3.8, 4) is 0 Å². The lowest BCUT2D eigenvalue weighted by atomic mass is 10.0. The molecule has 0 radical (unpaired) electrons. The Bertz CT molecular complexity index is 2940. The van der Waals surface area contributed by atoms with E-state index in [0.29, 0.717) is 11.1 Å². The maximum atomic E-state index is 13.7. The molecule has 6 aromatic rings. The average molecular weight is 809 g/mol. The minimum atomic E-state index is -4.10. The molecule has 0 atom stereocenters. The largest absolute Gasteiger partial charge is 0.494 e. The Hall–Kier alpha value is -6.38. The number of halogens is 2. The van der Waals surface area contributed by atoms with Gasteiger partial charge >= 0.3 is 0 Å². The normalized spacial score (nSPS) is 15.4. The molecule has 57 heavy (non-hydrogen) atoms. The van der Waals surface area contributed by atoms with Crippen LogP contribution in [0.4, 0.5) is 8.78 Å². The van der Waals surface area contributed by atoms with Crippen molar-refractivity contribution in [3.05, 3.63) is 167 Å². The zero-order valence-electron chi connectivity index (χ0n) is 31.0. The van der Waals surface area contributed by atoms with Crippen molar-refractivity contribution in [3.63, 3.8) is 0 Å². The van der Waals surface area contributed by atoms with Gasteiger partial charge in [-0.2, -0.15) is 0 Å². The molecule has 2 aliphatic heterocycles. The number of allylic oxidation sites excluding steroid dienone is 2. The molecule has 0 bridgehead atoms. The molecule has 0 aromatic heterocycles. The number of rotatable bonds is 7. The fraction of sp³-hybridized carbons (Fsp3) is 0.116. The van der Waals surface area contributed by atoms with E-state index in [1.165, 1.54) is 33.3 Å². The lowest BCUT2D eigenvalue weighted by molar-refractivity contribution is 0.100. The van der Waals surface area contributed by atoms with E-state index in [-0.39, 0.29) is 50.4 Å². The highest BCUT2D eigenvalue weighted by Crippen LogP contribution is 2.40. The topological polar surface area (TPSA) is 127 Å². The van der Waals surface area contributed by atoms with Gasteiger partial charge in [-0.05, 0) is 77.0 Å². The first-order chi connectivity index (χ1) is 27.2. The Morgan fingerprint density at radius 1 is 0.561 bits per heavy atom. The summed E-state index contributed by atoms with van der Waals surface area (Å²) in [4.78, 5) is 26.2. The fourth-order valence-electron chi connectivity index (χ4n) is 6.79. The first kappa shape index (κ1) is 38.9. The van der Waals surface area contributed by atoms with Gasteiger partial charge in [0.25, 0.3) is 20.0 Å². The van der Waals surface area contributed by atoms with Gasteiger partial charge in [-0.25, -0.2) is 25.6 Å². The number of likely N-dealkylation sites (N-methyl/N-ethyl adjacent to an activating group) is 2. The fourth-order valence-corrected chi connectivity index (χ4v) is 9.60. The molecule has 290 valence electrons.